The second kappa shape index (κ2) is 6.78. The van der Waals surface area contributed by atoms with Crippen LogP contribution in [0.25, 0.3) is 21.9 Å². The van der Waals surface area contributed by atoms with Crippen molar-refractivity contribution in [3.8, 4) is 0 Å². The topological polar surface area (TPSA) is 109 Å². The first-order valence-corrected chi connectivity index (χ1v) is 11.0. The first-order chi connectivity index (χ1) is 14.0. The number of benzene rings is 2. The Balaban J connectivity index is 1.51. The molecule has 2 aromatic heterocycles. The molecule has 1 aliphatic rings. The highest BCUT2D eigenvalue weighted by Crippen LogP contribution is 2.34. The molecular weight excluding hydrogens is 392 g/mol. The number of fused-ring (bicyclic) bond motifs is 2. The van der Waals surface area contributed by atoms with Gasteiger partial charge in [-0.1, -0.05) is 29.4 Å². The van der Waals surface area contributed by atoms with Gasteiger partial charge in [0.05, 0.1) is 16.9 Å². The van der Waals surface area contributed by atoms with E-state index in [1.165, 1.54) is 4.31 Å². The number of hydrogen-bond donors (Lipinski definition) is 1. The molecule has 0 saturated carbocycles. The predicted molar refractivity (Wildman–Crippen MR) is 108 cm³/mol. The third-order valence-corrected chi connectivity index (χ3v) is 7.07. The fourth-order valence-electron chi connectivity index (χ4n) is 3.91. The maximum Gasteiger partial charge on any atom is 0.258 e. The Morgan fingerprint density at radius 2 is 1.86 bits per heavy atom. The molecule has 0 amide bonds. The lowest BCUT2D eigenvalue weighted by molar-refractivity contribution is 0.381. The molecule has 1 aliphatic heterocycles. The number of H-pyrrole nitrogens is 1. The molecule has 0 radical (unpaired) electrons. The minimum absolute atomic E-state index is 0.266. The summed E-state index contributed by atoms with van der Waals surface area (Å²) >= 11 is 0. The van der Waals surface area contributed by atoms with E-state index in [1.807, 2.05) is 12.1 Å². The maximum absolute atomic E-state index is 13.2. The molecular formula is C20H18N4O4S. The summed E-state index contributed by atoms with van der Waals surface area (Å²) < 4.78 is 33.1. The zero-order chi connectivity index (χ0) is 20.0. The van der Waals surface area contributed by atoms with Gasteiger partial charge in [0.1, 0.15) is 17.3 Å². The Morgan fingerprint density at radius 3 is 2.72 bits per heavy atom. The first kappa shape index (κ1) is 18.0. The van der Waals surface area contributed by atoms with Gasteiger partial charge in [0, 0.05) is 11.9 Å². The zero-order valence-electron chi connectivity index (χ0n) is 15.4. The van der Waals surface area contributed by atoms with E-state index in [4.69, 9.17) is 4.52 Å². The summed E-state index contributed by atoms with van der Waals surface area (Å²) in [4.78, 5) is 19.7. The highest BCUT2D eigenvalue weighted by Gasteiger charge is 2.37. The number of nitrogens with zero attached hydrogens (tertiary/aromatic N) is 3. The normalized spacial score (nSPS) is 18.0. The van der Waals surface area contributed by atoms with E-state index >= 15 is 0 Å². The predicted octanol–water partition coefficient (Wildman–Crippen LogP) is 2.73. The van der Waals surface area contributed by atoms with Crippen molar-refractivity contribution in [2.45, 2.75) is 24.6 Å². The third kappa shape index (κ3) is 3.12. The van der Waals surface area contributed by atoms with Gasteiger partial charge >= 0.3 is 0 Å². The number of nitrogens with one attached hydrogen (secondary N) is 1. The Labute approximate surface area is 166 Å². The number of hydrogen-bond acceptors (Lipinski definition) is 6. The fraction of sp³-hybridized carbons (Fsp3) is 0.250. The van der Waals surface area contributed by atoms with E-state index in [9.17, 15) is 13.2 Å². The number of aromatic nitrogens is 3. The van der Waals surface area contributed by atoms with Gasteiger partial charge in [-0.3, -0.25) is 4.79 Å². The van der Waals surface area contributed by atoms with Crippen molar-refractivity contribution in [1.82, 2.24) is 19.4 Å². The second-order valence-electron chi connectivity index (χ2n) is 7.12. The van der Waals surface area contributed by atoms with E-state index < -0.39 is 16.1 Å². The monoisotopic (exact) mass is 410 g/mol. The molecule has 1 unspecified atom stereocenters. The van der Waals surface area contributed by atoms with Gasteiger partial charge in [-0.25, -0.2) is 13.4 Å². The summed E-state index contributed by atoms with van der Waals surface area (Å²) in [6.07, 6.45) is 1.29. The number of sulfonamides is 1. The van der Waals surface area contributed by atoms with Gasteiger partial charge in [-0.05, 0) is 37.1 Å². The average molecular weight is 410 g/mol. The van der Waals surface area contributed by atoms with Crippen molar-refractivity contribution in [3.05, 3.63) is 70.4 Å². The van der Waals surface area contributed by atoms with E-state index in [-0.39, 0.29) is 11.3 Å². The molecule has 1 saturated heterocycles. The van der Waals surface area contributed by atoms with Gasteiger partial charge in [0.2, 0.25) is 10.0 Å². The molecule has 29 heavy (non-hydrogen) atoms. The molecule has 1 atom stereocenters. The molecule has 0 bridgehead atoms. The highest BCUT2D eigenvalue weighted by molar-refractivity contribution is 7.88. The summed E-state index contributed by atoms with van der Waals surface area (Å²) in [5, 5.41) is 5.12. The summed E-state index contributed by atoms with van der Waals surface area (Å²) in [6, 6.07) is 13.7. The van der Waals surface area contributed by atoms with Gasteiger partial charge in [0.15, 0.2) is 5.58 Å². The van der Waals surface area contributed by atoms with Crippen molar-refractivity contribution in [2.75, 3.05) is 6.54 Å². The van der Waals surface area contributed by atoms with Crippen LogP contribution < -0.4 is 5.56 Å². The standard InChI is InChI=1S/C20H18N4O4S/c25-20-14-7-1-3-8-15(14)21-19(22-20)17-9-5-11-24(17)29(26,27)12-16-13-6-2-4-10-18(13)28-23-16/h1-4,6-8,10,17H,5,9,11-12H2,(H,21,22,25). The Bertz CT molecular complexity index is 1380. The van der Waals surface area contributed by atoms with E-state index in [0.717, 1.165) is 0 Å². The SMILES string of the molecule is O=c1[nH]c(C2CCCN2S(=O)(=O)Cc2noc3ccccc23)nc2ccccc12. The Morgan fingerprint density at radius 1 is 1.10 bits per heavy atom. The van der Waals surface area contributed by atoms with Gasteiger partial charge in [-0.15, -0.1) is 0 Å². The van der Waals surface area contributed by atoms with Crippen molar-refractivity contribution in [3.63, 3.8) is 0 Å². The molecule has 2 aromatic carbocycles. The van der Waals surface area contributed by atoms with Crippen LogP contribution in [-0.2, 0) is 15.8 Å². The van der Waals surface area contributed by atoms with Gasteiger partial charge in [-0.2, -0.15) is 4.31 Å². The molecule has 8 nitrogen and oxygen atoms in total. The lowest BCUT2D eigenvalue weighted by Gasteiger charge is -2.23. The molecule has 1 N–H and O–H groups in total. The van der Waals surface area contributed by atoms with Crippen LogP contribution in [0.2, 0.25) is 0 Å². The van der Waals surface area contributed by atoms with E-state index in [0.29, 0.717) is 52.8 Å². The first-order valence-electron chi connectivity index (χ1n) is 9.35. The maximum atomic E-state index is 13.2. The van der Waals surface area contributed by atoms with E-state index in [1.54, 1.807) is 36.4 Å². The molecule has 148 valence electrons. The van der Waals surface area contributed by atoms with Crippen LogP contribution in [0.15, 0.2) is 57.8 Å². The van der Waals surface area contributed by atoms with Crippen LogP contribution in [0.1, 0.15) is 30.4 Å². The van der Waals surface area contributed by atoms with Crippen molar-refractivity contribution < 1.29 is 12.9 Å². The quantitative estimate of drug-likeness (QED) is 0.554. The van der Waals surface area contributed by atoms with Gasteiger partial charge in [0.25, 0.3) is 5.56 Å². The van der Waals surface area contributed by atoms with Crippen molar-refractivity contribution in [1.29, 1.82) is 0 Å². The lowest BCUT2D eigenvalue weighted by atomic mass is 10.2. The van der Waals surface area contributed by atoms with Crippen molar-refractivity contribution in [2.24, 2.45) is 0 Å². The second-order valence-corrected chi connectivity index (χ2v) is 9.04. The number of rotatable bonds is 4. The number of para-hydroxylation sites is 2. The lowest BCUT2D eigenvalue weighted by Crippen LogP contribution is -2.33. The Hall–Kier alpha value is -3.04. The van der Waals surface area contributed by atoms with E-state index in [2.05, 4.69) is 15.1 Å². The largest absolute Gasteiger partial charge is 0.356 e. The smallest absolute Gasteiger partial charge is 0.258 e. The van der Waals surface area contributed by atoms with Crippen LogP contribution in [0.4, 0.5) is 0 Å². The van der Waals surface area contributed by atoms with Crippen LogP contribution in [0.5, 0.6) is 0 Å². The molecule has 9 heteroatoms. The molecule has 0 aliphatic carbocycles. The van der Waals surface area contributed by atoms with Crippen LogP contribution >= 0.6 is 0 Å². The molecule has 5 rings (SSSR count). The Kier molecular flexibility index (Phi) is 4.21. The summed E-state index contributed by atoms with van der Waals surface area (Å²) in [5.41, 5.74) is 1.22. The molecule has 1 fully saturated rings. The highest BCUT2D eigenvalue weighted by atomic mass is 32.2. The number of aromatic amines is 1. The molecule has 3 heterocycles. The third-order valence-electron chi connectivity index (χ3n) is 5.28. The van der Waals surface area contributed by atoms with Crippen molar-refractivity contribution >= 4 is 31.9 Å². The average Bonchev–Trinajstić information content (AvgIpc) is 3.36. The minimum Gasteiger partial charge on any atom is -0.356 e. The molecule has 0 spiro atoms. The molecule has 4 aromatic rings. The van der Waals surface area contributed by atoms with Crippen LogP contribution in [0, 0.1) is 0 Å². The minimum atomic E-state index is -3.69. The van der Waals surface area contributed by atoms with Crippen LogP contribution in [-0.4, -0.2) is 34.4 Å². The summed E-state index contributed by atoms with van der Waals surface area (Å²) in [5.74, 6) is 0.109. The summed E-state index contributed by atoms with van der Waals surface area (Å²) in [6.45, 7) is 0.374. The zero-order valence-corrected chi connectivity index (χ0v) is 16.2. The fourth-order valence-corrected chi connectivity index (χ4v) is 5.63. The summed E-state index contributed by atoms with van der Waals surface area (Å²) in [7, 11) is -3.69. The van der Waals surface area contributed by atoms with Crippen LogP contribution in [0.3, 0.4) is 0 Å². The van der Waals surface area contributed by atoms with Gasteiger partial charge < -0.3 is 9.51 Å².